The molecule has 0 spiro atoms. The summed E-state index contributed by atoms with van der Waals surface area (Å²) < 4.78 is 6.55. The SMILES string of the molecule is C=CCn1c(SCC(=O)Nc2ccc(OC)cc2[N+](=O)[O-])nc2sc3c(c2c1=O)CCCC3. The van der Waals surface area contributed by atoms with E-state index in [1.165, 1.54) is 34.8 Å². The number of nitrogens with one attached hydrogen (secondary N) is 1. The highest BCUT2D eigenvalue weighted by atomic mass is 32.2. The average molecular weight is 487 g/mol. The fourth-order valence-electron chi connectivity index (χ4n) is 3.83. The number of carbonyl (C=O) groups excluding carboxylic acids is 1. The van der Waals surface area contributed by atoms with Gasteiger partial charge in [0.05, 0.1) is 29.2 Å². The van der Waals surface area contributed by atoms with E-state index in [-0.39, 0.29) is 29.2 Å². The van der Waals surface area contributed by atoms with Gasteiger partial charge in [-0.15, -0.1) is 17.9 Å². The molecule has 3 aromatic rings. The number of carbonyl (C=O) groups is 1. The Bertz CT molecular complexity index is 1310. The van der Waals surface area contributed by atoms with Crippen molar-refractivity contribution in [3.8, 4) is 5.75 Å². The summed E-state index contributed by atoms with van der Waals surface area (Å²) >= 11 is 2.66. The van der Waals surface area contributed by atoms with Gasteiger partial charge < -0.3 is 10.1 Å². The second-order valence-electron chi connectivity index (χ2n) is 7.47. The van der Waals surface area contributed by atoms with Crippen LogP contribution in [-0.2, 0) is 24.2 Å². The van der Waals surface area contributed by atoms with Crippen LogP contribution in [0, 0.1) is 10.1 Å². The Labute approximate surface area is 197 Å². The molecule has 0 fully saturated rings. The molecule has 0 atom stereocenters. The van der Waals surface area contributed by atoms with Crippen molar-refractivity contribution in [2.45, 2.75) is 37.4 Å². The van der Waals surface area contributed by atoms with Gasteiger partial charge in [0.2, 0.25) is 5.91 Å². The van der Waals surface area contributed by atoms with Gasteiger partial charge in [0.25, 0.3) is 11.2 Å². The first-order valence-electron chi connectivity index (χ1n) is 10.3. The number of allylic oxidation sites excluding steroid dienone is 1. The van der Waals surface area contributed by atoms with Crippen LogP contribution in [0.4, 0.5) is 11.4 Å². The van der Waals surface area contributed by atoms with Gasteiger partial charge in [-0.1, -0.05) is 17.8 Å². The number of benzene rings is 1. The number of aromatic nitrogens is 2. The molecule has 1 aromatic carbocycles. The molecule has 9 nitrogen and oxygen atoms in total. The second kappa shape index (κ2) is 9.75. The number of ether oxygens (including phenoxy) is 1. The third kappa shape index (κ3) is 4.64. The molecule has 2 aromatic heterocycles. The van der Waals surface area contributed by atoms with Crippen LogP contribution < -0.4 is 15.6 Å². The van der Waals surface area contributed by atoms with Gasteiger partial charge in [0.1, 0.15) is 16.3 Å². The minimum atomic E-state index is -0.582. The Morgan fingerprint density at radius 1 is 1.42 bits per heavy atom. The van der Waals surface area contributed by atoms with E-state index in [0.717, 1.165) is 43.0 Å². The van der Waals surface area contributed by atoms with Gasteiger partial charge in [0.15, 0.2) is 5.16 Å². The lowest BCUT2D eigenvalue weighted by atomic mass is 9.97. The lowest BCUT2D eigenvalue weighted by molar-refractivity contribution is -0.384. The van der Waals surface area contributed by atoms with E-state index in [4.69, 9.17) is 9.72 Å². The van der Waals surface area contributed by atoms with Crippen LogP contribution >= 0.6 is 23.1 Å². The quantitative estimate of drug-likeness (QED) is 0.167. The fraction of sp³-hybridized carbons (Fsp3) is 0.318. The van der Waals surface area contributed by atoms with Gasteiger partial charge >= 0.3 is 0 Å². The van der Waals surface area contributed by atoms with E-state index < -0.39 is 10.8 Å². The van der Waals surface area contributed by atoms with Gasteiger partial charge in [0, 0.05) is 11.4 Å². The summed E-state index contributed by atoms with van der Waals surface area (Å²) in [6.45, 7) is 4.02. The number of thioether (sulfide) groups is 1. The van der Waals surface area contributed by atoms with Crippen molar-refractivity contribution < 1.29 is 14.5 Å². The van der Waals surface area contributed by atoms with Gasteiger partial charge in [-0.2, -0.15) is 0 Å². The smallest absolute Gasteiger partial charge is 0.296 e. The Balaban J connectivity index is 1.59. The first-order valence-corrected chi connectivity index (χ1v) is 12.1. The van der Waals surface area contributed by atoms with E-state index in [1.807, 2.05) is 0 Å². The molecular weight excluding hydrogens is 464 g/mol. The Morgan fingerprint density at radius 3 is 2.94 bits per heavy atom. The number of nitrogens with zero attached hydrogens (tertiary/aromatic N) is 3. The number of nitro benzene ring substituents is 1. The summed E-state index contributed by atoms with van der Waals surface area (Å²) in [5.74, 6) is -0.194. The molecule has 11 heteroatoms. The molecule has 2 heterocycles. The zero-order valence-corrected chi connectivity index (χ0v) is 19.6. The predicted octanol–water partition coefficient (Wildman–Crippen LogP) is 4.17. The number of hydrogen-bond acceptors (Lipinski definition) is 8. The van der Waals surface area contributed by atoms with Crippen molar-refractivity contribution in [1.82, 2.24) is 9.55 Å². The van der Waals surface area contributed by atoms with Crippen LogP contribution in [0.1, 0.15) is 23.3 Å². The van der Waals surface area contributed by atoms with Gasteiger partial charge in [-0.3, -0.25) is 24.3 Å². The number of nitro groups is 1. The van der Waals surface area contributed by atoms with Crippen molar-refractivity contribution in [2.24, 2.45) is 0 Å². The maximum atomic E-state index is 13.3. The number of fused-ring (bicyclic) bond motifs is 3. The molecule has 0 radical (unpaired) electrons. The molecule has 1 N–H and O–H groups in total. The molecule has 172 valence electrons. The number of thiophene rings is 1. The second-order valence-corrected chi connectivity index (χ2v) is 9.49. The van der Waals surface area contributed by atoms with Crippen molar-refractivity contribution in [1.29, 1.82) is 0 Å². The van der Waals surface area contributed by atoms with E-state index in [1.54, 1.807) is 17.4 Å². The first kappa shape index (κ1) is 23.0. The van der Waals surface area contributed by atoms with Crippen LogP contribution in [0.5, 0.6) is 5.75 Å². The van der Waals surface area contributed by atoms with Crippen molar-refractivity contribution in [2.75, 3.05) is 18.2 Å². The highest BCUT2D eigenvalue weighted by Crippen LogP contribution is 2.35. The molecule has 1 aliphatic rings. The van der Waals surface area contributed by atoms with Gasteiger partial charge in [-0.05, 0) is 43.4 Å². The van der Waals surface area contributed by atoms with Crippen LogP contribution in [0.2, 0.25) is 0 Å². The van der Waals surface area contributed by atoms with Crippen molar-refractivity contribution in [3.05, 3.63) is 61.8 Å². The normalized spacial score (nSPS) is 12.9. The highest BCUT2D eigenvalue weighted by molar-refractivity contribution is 7.99. The highest BCUT2D eigenvalue weighted by Gasteiger charge is 2.23. The predicted molar refractivity (Wildman–Crippen MR) is 130 cm³/mol. The summed E-state index contributed by atoms with van der Waals surface area (Å²) in [4.78, 5) is 43.2. The molecule has 0 saturated heterocycles. The third-order valence-corrected chi connectivity index (χ3v) is 7.52. The molecule has 4 rings (SSSR count). The molecule has 1 aliphatic carbocycles. The summed E-state index contributed by atoms with van der Waals surface area (Å²) in [6.07, 6.45) is 5.64. The summed E-state index contributed by atoms with van der Waals surface area (Å²) in [5, 5.41) is 15.0. The van der Waals surface area contributed by atoms with Crippen LogP contribution in [0.15, 0.2) is 40.8 Å². The molecule has 1 amide bonds. The lowest BCUT2D eigenvalue weighted by Crippen LogP contribution is -2.24. The lowest BCUT2D eigenvalue weighted by Gasteiger charge is -2.12. The zero-order chi connectivity index (χ0) is 23.5. The maximum absolute atomic E-state index is 13.3. The monoisotopic (exact) mass is 486 g/mol. The van der Waals surface area contributed by atoms with Crippen molar-refractivity contribution >= 4 is 50.6 Å². The topological polar surface area (TPSA) is 116 Å². The molecule has 0 saturated carbocycles. The van der Waals surface area contributed by atoms with E-state index in [2.05, 4.69) is 11.9 Å². The first-order chi connectivity index (χ1) is 15.9. The largest absolute Gasteiger partial charge is 0.496 e. The third-order valence-electron chi connectivity index (χ3n) is 5.36. The van der Waals surface area contributed by atoms with Crippen LogP contribution in [0.25, 0.3) is 10.2 Å². The average Bonchev–Trinajstić information content (AvgIpc) is 3.18. The van der Waals surface area contributed by atoms with Gasteiger partial charge in [-0.25, -0.2) is 4.98 Å². The number of methoxy groups -OCH3 is 1. The number of aryl methyl sites for hydroxylation is 2. The van der Waals surface area contributed by atoms with Crippen LogP contribution in [-0.4, -0.2) is 33.2 Å². The molecule has 0 bridgehead atoms. The number of anilines is 1. The number of rotatable bonds is 8. The summed E-state index contributed by atoms with van der Waals surface area (Å²) in [5.41, 5.74) is 0.801. The summed E-state index contributed by atoms with van der Waals surface area (Å²) in [6, 6.07) is 4.21. The fourth-order valence-corrected chi connectivity index (χ4v) is 5.94. The van der Waals surface area contributed by atoms with Crippen molar-refractivity contribution in [3.63, 3.8) is 0 Å². The number of amides is 1. The number of hydrogen-bond donors (Lipinski definition) is 1. The molecule has 0 unspecified atom stereocenters. The zero-order valence-electron chi connectivity index (χ0n) is 18.0. The summed E-state index contributed by atoms with van der Waals surface area (Å²) in [7, 11) is 1.41. The Hall–Kier alpha value is -3.18. The molecule has 0 aliphatic heterocycles. The Kier molecular flexibility index (Phi) is 6.80. The minimum Gasteiger partial charge on any atom is -0.496 e. The maximum Gasteiger partial charge on any atom is 0.296 e. The standard InChI is InChI=1S/C22H22N4O5S2/c1-3-10-25-21(28)19-14-6-4-5-7-17(14)33-20(19)24-22(25)32-12-18(27)23-15-9-8-13(31-2)11-16(15)26(29)30/h3,8-9,11H,1,4-7,10,12H2,2H3,(H,23,27). The van der Waals surface area contributed by atoms with E-state index >= 15 is 0 Å². The van der Waals surface area contributed by atoms with E-state index in [9.17, 15) is 19.7 Å². The molecule has 33 heavy (non-hydrogen) atoms. The van der Waals surface area contributed by atoms with E-state index in [0.29, 0.717) is 21.1 Å². The Morgan fingerprint density at radius 2 is 2.21 bits per heavy atom. The minimum absolute atomic E-state index is 0.0661. The van der Waals surface area contributed by atoms with Crippen LogP contribution in [0.3, 0.4) is 0 Å². The molecular formula is C22H22N4O5S2.